The molecule has 2 heterocycles. The third-order valence-corrected chi connectivity index (χ3v) is 3.29. The van der Waals surface area contributed by atoms with E-state index >= 15 is 0 Å². The van der Waals surface area contributed by atoms with Crippen LogP contribution in [0.2, 0.25) is 0 Å². The monoisotopic (exact) mass is 262 g/mol. The Balaban J connectivity index is 1.98. The standard InChI is InChI=1S/C12H14N4OS/c1-3-10-11(18-16-15-10)12(17)14-7-9-5-4-8(2)13-6-9/h4-6H,3,7H2,1-2H3,(H,14,17). The topological polar surface area (TPSA) is 67.8 Å². The molecule has 0 saturated carbocycles. The second-order valence-corrected chi connectivity index (χ2v) is 4.65. The fourth-order valence-electron chi connectivity index (χ4n) is 1.48. The molecule has 0 aliphatic heterocycles. The van der Waals surface area contributed by atoms with Gasteiger partial charge in [-0.3, -0.25) is 9.78 Å². The Morgan fingerprint density at radius 1 is 1.44 bits per heavy atom. The van der Waals surface area contributed by atoms with Gasteiger partial charge < -0.3 is 5.32 Å². The summed E-state index contributed by atoms with van der Waals surface area (Å²) in [5, 5.41) is 6.76. The maximum atomic E-state index is 11.9. The molecule has 0 fully saturated rings. The highest BCUT2D eigenvalue weighted by molar-refractivity contribution is 7.08. The van der Waals surface area contributed by atoms with Crippen LogP contribution in [0.25, 0.3) is 0 Å². The average molecular weight is 262 g/mol. The summed E-state index contributed by atoms with van der Waals surface area (Å²) in [7, 11) is 0. The van der Waals surface area contributed by atoms with Gasteiger partial charge in [-0.15, -0.1) is 5.10 Å². The fourth-order valence-corrected chi connectivity index (χ4v) is 2.14. The van der Waals surface area contributed by atoms with Crippen molar-refractivity contribution in [3.05, 3.63) is 40.2 Å². The van der Waals surface area contributed by atoms with Crippen molar-refractivity contribution in [2.45, 2.75) is 26.8 Å². The predicted molar refractivity (Wildman–Crippen MR) is 69.4 cm³/mol. The Labute approximate surface area is 109 Å². The summed E-state index contributed by atoms with van der Waals surface area (Å²) in [5.74, 6) is -0.123. The SMILES string of the molecule is CCc1nnsc1C(=O)NCc1ccc(C)nc1. The number of rotatable bonds is 4. The summed E-state index contributed by atoms with van der Waals surface area (Å²) in [6.45, 7) is 4.35. The van der Waals surface area contributed by atoms with Gasteiger partial charge in [-0.1, -0.05) is 17.5 Å². The first-order chi connectivity index (χ1) is 8.70. The molecular weight excluding hydrogens is 248 g/mol. The van der Waals surface area contributed by atoms with Crippen LogP contribution in [0.4, 0.5) is 0 Å². The number of carbonyl (C=O) groups is 1. The molecule has 1 N–H and O–H groups in total. The highest BCUT2D eigenvalue weighted by Gasteiger charge is 2.14. The summed E-state index contributed by atoms with van der Waals surface area (Å²) in [4.78, 5) is 16.7. The van der Waals surface area contributed by atoms with Gasteiger partial charge >= 0.3 is 0 Å². The predicted octanol–water partition coefficient (Wildman–Crippen LogP) is 1.73. The Kier molecular flexibility index (Phi) is 3.99. The number of aromatic nitrogens is 3. The second-order valence-electron chi connectivity index (χ2n) is 3.89. The van der Waals surface area contributed by atoms with Gasteiger partial charge in [0.15, 0.2) is 0 Å². The molecule has 5 nitrogen and oxygen atoms in total. The van der Waals surface area contributed by atoms with Gasteiger partial charge in [0.1, 0.15) is 4.88 Å². The molecular formula is C12H14N4OS. The summed E-state index contributed by atoms with van der Waals surface area (Å²) < 4.78 is 3.80. The molecule has 2 aromatic rings. The Morgan fingerprint density at radius 3 is 2.94 bits per heavy atom. The van der Waals surface area contributed by atoms with Crippen molar-refractivity contribution in [2.24, 2.45) is 0 Å². The van der Waals surface area contributed by atoms with E-state index < -0.39 is 0 Å². The molecule has 18 heavy (non-hydrogen) atoms. The average Bonchev–Trinajstić information content (AvgIpc) is 2.86. The molecule has 0 aliphatic rings. The first kappa shape index (κ1) is 12.6. The number of aryl methyl sites for hydroxylation is 2. The van der Waals surface area contributed by atoms with Crippen molar-refractivity contribution in [1.82, 2.24) is 19.9 Å². The van der Waals surface area contributed by atoms with Crippen molar-refractivity contribution in [1.29, 1.82) is 0 Å². The fraction of sp³-hybridized carbons (Fsp3) is 0.333. The molecule has 0 unspecified atom stereocenters. The lowest BCUT2D eigenvalue weighted by Crippen LogP contribution is -2.23. The van der Waals surface area contributed by atoms with Crippen LogP contribution in [-0.2, 0) is 13.0 Å². The number of pyridine rings is 1. The molecule has 0 radical (unpaired) electrons. The van der Waals surface area contributed by atoms with Gasteiger partial charge in [0.05, 0.1) is 5.69 Å². The van der Waals surface area contributed by atoms with E-state index in [2.05, 4.69) is 19.9 Å². The Hall–Kier alpha value is -1.82. The summed E-state index contributed by atoms with van der Waals surface area (Å²) in [5.41, 5.74) is 2.69. The van der Waals surface area contributed by atoms with E-state index in [9.17, 15) is 4.79 Å². The van der Waals surface area contributed by atoms with E-state index in [1.807, 2.05) is 26.0 Å². The van der Waals surface area contributed by atoms with Gasteiger partial charge in [0.2, 0.25) is 0 Å². The summed E-state index contributed by atoms with van der Waals surface area (Å²) >= 11 is 1.13. The minimum Gasteiger partial charge on any atom is -0.347 e. The van der Waals surface area contributed by atoms with Gasteiger partial charge in [-0.25, -0.2) is 0 Å². The first-order valence-corrected chi connectivity index (χ1v) is 6.49. The zero-order valence-electron chi connectivity index (χ0n) is 10.3. The van der Waals surface area contributed by atoms with Crippen molar-refractivity contribution in [2.75, 3.05) is 0 Å². The highest BCUT2D eigenvalue weighted by Crippen LogP contribution is 2.11. The molecule has 0 aromatic carbocycles. The molecule has 2 aromatic heterocycles. The number of nitrogens with zero attached hydrogens (tertiary/aromatic N) is 3. The summed E-state index contributed by atoms with van der Waals surface area (Å²) in [6, 6.07) is 3.88. The molecule has 0 aliphatic carbocycles. The molecule has 0 spiro atoms. The quantitative estimate of drug-likeness (QED) is 0.911. The minimum atomic E-state index is -0.123. The van der Waals surface area contributed by atoms with Crippen LogP contribution in [0, 0.1) is 6.92 Å². The molecule has 2 rings (SSSR count). The third-order valence-electron chi connectivity index (χ3n) is 2.52. The van der Waals surface area contributed by atoms with E-state index in [1.54, 1.807) is 6.20 Å². The van der Waals surface area contributed by atoms with Gasteiger partial charge in [0, 0.05) is 18.4 Å². The van der Waals surface area contributed by atoms with E-state index in [0.717, 1.165) is 28.5 Å². The molecule has 94 valence electrons. The summed E-state index contributed by atoms with van der Waals surface area (Å²) in [6.07, 6.45) is 2.48. The van der Waals surface area contributed by atoms with E-state index in [0.29, 0.717) is 17.8 Å². The maximum absolute atomic E-state index is 11.9. The molecule has 0 saturated heterocycles. The molecule has 0 atom stereocenters. The van der Waals surface area contributed by atoms with Gasteiger partial charge in [-0.05, 0) is 36.5 Å². The lowest BCUT2D eigenvalue weighted by molar-refractivity contribution is 0.0954. The van der Waals surface area contributed by atoms with Crippen LogP contribution >= 0.6 is 11.5 Å². The highest BCUT2D eigenvalue weighted by atomic mass is 32.1. The van der Waals surface area contributed by atoms with Crippen molar-refractivity contribution < 1.29 is 4.79 Å². The van der Waals surface area contributed by atoms with Crippen LogP contribution in [0.5, 0.6) is 0 Å². The largest absolute Gasteiger partial charge is 0.347 e. The molecule has 1 amide bonds. The minimum absolute atomic E-state index is 0.123. The van der Waals surface area contributed by atoms with E-state index in [-0.39, 0.29) is 5.91 Å². The van der Waals surface area contributed by atoms with Crippen LogP contribution in [0.15, 0.2) is 18.3 Å². The molecule has 0 bridgehead atoms. The third kappa shape index (κ3) is 2.89. The lowest BCUT2D eigenvalue weighted by Gasteiger charge is -2.04. The van der Waals surface area contributed by atoms with Gasteiger partial charge in [-0.2, -0.15) is 0 Å². The second kappa shape index (κ2) is 5.68. The normalized spacial score (nSPS) is 10.3. The smallest absolute Gasteiger partial charge is 0.265 e. The first-order valence-electron chi connectivity index (χ1n) is 5.71. The number of hydrogen-bond donors (Lipinski definition) is 1. The number of carbonyl (C=O) groups excluding carboxylic acids is 1. The Bertz CT molecular complexity index is 535. The number of hydrogen-bond acceptors (Lipinski definition) is 5. The van der Waals surface area contributed by atoms with Crippen LogP contribution in [0.3, 0.4) is 0 Å². The van der Waals surface area contributed by atoms with Crippen molar-refractivity contribution in [3.8, 4) is 0 Å². The maximum Gasteiger partial charge on any atom is 0.265 e. The van der Waals surface area contributed by atoms with Crippen molar-refractivity contribution >= 4 is 17.4 Å². The molecule has 6 heteroatoms. The zero-order chi connectivity index (χ0) is 13.0. The van der Waals surface area contributed by atoms with Crippen LogP contribution < -0.4 is 5.32 Å². The zero-order valence-corrected chi connectivity index (χ0v) is 11.1. The van der Waals surface area contributed by atoms with E-state index in [4.69, 9.17) is 0 Å². The van der Waals surface area contributed by atoms with Crippen LogP contribution in [-0.4, -0.2) is 20.5 Å². The van der Waals surface area contributed by atoms with Crippen LogP contribution in [0.1, 0.15) is 33.5 Å². The number of amides is 1. The Morgan fingerprint density at radius 2 is 2.28 bits per heavy atom. The van der Waals surface area contributed by atoms with Crippen molar-refractivity contribution in [3.63, 3.8) is 0 Å². The van der Waals surface area contributed by atoms with E-state index in [1.165, 1.54) is 0 Å². The number of nitrogens with one attached hydrogen (secondary N) is 1. The lowest BCUT2D eigenvalue weighted by atomic mass is 10.2. The van der Waals surface area contributed by atoms with Gasteiger partial charge in [0.25, 0.3) is 5.91 Å².